The van der Waals surface area contributed by atoms with Crippen molar-refractivity contribution in [3.63, 3.8) is 0 Å². The van der Waals surface area contributed by atoms with E-state index in [-0.39, 0.29) is 17.7 Å². The summed E-state index contributed by atoms with van der Waals surface area (Å²) < 4.78 is 5.08. The predicted molar refractivity (Wildman–Crippen MR) is 72.8 cm³/mol. The van der Waals surface area contributed by atoms with Crippen LogP contribution in [-0.2, 0) is 4.74 Å². The Balaban J connectivity index is 3.16. The van der Waals surface area contributed by atoms with Crippen molar-refractivity contribution in [2.75, 3.05) is 25.7 Å². The third-order valence-electron chi connectivity index (χ3n) is 2.96. The van der Waals surface area contributed by atoms with Crippen molar-refractivity contribution in [3.8, 4) is 0 Å². The van der Waals surface area contributed by atoms with E-state index in [1.807, 2.05) is 32.7 Å². The van der Waals surface area contributed by atoms with E-state index in [1.165, 1.54) is 0 Å². The molecule has 0 aliphatic carbocycles. The van der Waals surface area contributed by atoms with Crippen LogP contribution >= 0.6 is 0 Å². The van der Waals surface area contributed by atoms with E-state index in [0.717, 1.165) is 0 Å². The zero-order valence-electron chi connectivity index (χ0n) is 12.0. The number of nitrogens with zero attached hydrogens (tertiary/aromatic N) is 3. The molecule has 0 radical (unpaired) electrons. The Morgan fingerprint density at radius 2 is 2.11 bits per heavy atom. The normalized spacial score (nSPS) is 12.5. The Hall–Kier alpha value is -1.69. The Morgan fingerprint density at radius 3 is 2.58 bits per heavy atom. The first kappa shape index (κ1) is 15.4. The van der Waals surface area contributed by atoms with E-state index in [1.54, 1.807) is 13.3 Å². The van der Waals surface area contributed by atoms with Gasteiger partial charge in [0.1, 0.15) is 5.82 Å². The standard InChI is InChI=1S/C13H21N3O3/c1-8(2)12-14-6-10(11(15-12)13(17)18)16(4)9(3)7-19-5/h6,8-9H,7H2,1-5H3,(H,17,18). The summed E-state index contributed by atoms with van der Waals surface area (Å²) in [5.74, 6) is -0.418. The summed E-state index contributed by atoms with van der Waals surface area (Å²) in [7, 11) is 3.42. The van der Waals surface area contributed by atoms with Gasteiger partial charge in [-0.25, -0.2) is 14.8 Å². The van der Waals surface area contributed by atoms with Gasteiger partial charge in [0, 0.05) is 26.1 Å². The fourth-order valence-electron chi connectivity index (χ4n) is 1.67. The molecule has 0 saturated heterocycles. The number of carbonyl (C=O) groups is 1. The van der Waals surface area contributed by atoms with Gasteiger partial charge in [0.15, 0.2) is 5.69 Å². The van der Waals surface area contributed by atoms with Crippen molar-refractivity contribution in [1.29, 1.82) is 0 Å². The second-order valence-electron chi connectivity index (χ2n) is 4.84. The number of hydrogen-bond donors (Lipinski definition) is 1. The Kier molecular flexibility index (Phi) is 5.23. The first-order valence-electron chi connectivity index (χ1n) is 6.20. The maximum Gasteiger partial charge on any atom is 0.356 e. The van der Waals surface area contributed by atoms with Gasteiger partial charge in [0.25, 0.3) is 0 Å². The minimum atomic E-state index is -1.05. The first-order valence-corrected chi connectivity index (χ1v) is 6.20. The number of hydrogen-bond acceptors (Lipinski definition) is 5. The number of rotatable bonds is 6. The van der Waals surface area contributed by atoms with Crippen molar-refractivity contribution in [1.82, 2.24) is 9.97 Å². The summed E-state index contributed by atoms with van der Waals surface area (Å²) in [4.78, 5) is 21.5. The number of methoxy groups -OCH3 is 1. The number of likely N-dealkylation sites (N-methyl/N-ethyl adjacent to an activating group) is 1. The van der Waals surface area contributed by atoms with E-state index < -0.39 is 5.97 Å². The highest BCUT2D eigenvalue weighted by atomic mass is 16.5. The van der Waals surface area contributed by atoms with Gasteiger partial charge in [-0.05, 0) is 6.92 Å². The van der Waals surface area contributed by atoms with Crippen molar-refractivity contribution in [2.24, 2.45) is 0 Å². The maximum absolute atomic E-state index is 11.3. The van der Waals surface area contributed by atoms with Gasteiger partial charge in [0.05, 0.1) is 18.5 Å². The average Bonchev–Trinajstić information content (AvgIpc) is 2.37. The largest absolute Gasteiger partial charge is 0.476 e. The van der Waals surface area contributed by atoms with Crippen molar-refractivity contribution < 1.29 is 14.6 Å². The quantitative estimate of drug-likeness (QED) is 0.846. The van der Waals surface area contributed by atoms with Crippen molar-refractivity contribution in [2.45, 2.75) is 32.7 Å². The molecule has 0 aliphatic heterocycles. The molecule has 1 rings (SSSR count). The molecule has 0 amide bonds. The van der Waals surface area contributed by atoms with Crippen LogP contribution in [0.4, 0.5) is 5.69 Å². The zero-order valence-corrected chi connectivity index (χ0v) is 12.0. The molecule has 106 valence electrons. The molecule has 6 heteroatoms. The lowest BCUT2D eigenvalue weighted by molar-refractivity contribution is 0.0690. The van der Waals surface area contributed by atoms with Crippen LogP contribution < -0.4 is 4.90 Å². The first-order chi connectivity index (χ1) is 8.88. The lowest BCUT2D eigenvalue weighted by Gasteiger charge is -2.27. The van der Waals surface area contributed by atoms with E-state index in [4.69, 9.17) is 4.74 Å². The van der Waals surface area contributed by atoms with Gasteiger partial charge in [0.2, 0.25) is 0 Å². The fourth-order valence-corrected chi connectivity index (χ4v) is 1.67. The second-order valence-corrected chi connectivity index (χ2v) is 4.84. The Morgan fingerprint density at radius 1 is 1.47 bits per heavy atom. The highest BCUT2D eigenvalue weighted by Gasteiger charge is 2.21. The van der Waals surface area contributed by atoms with Crippen molar-refractivity contribution in [3.05, 3.63) is 17.7 Å². The topological polar surface area (TPSA) is 75.5 Å². The molecular weight excluding hydrogens is 246 g/mol. The molecule has 1 unspecified atom stereocenters. The molecule has 0 saturated carbocycles. The summed E-state index contributed by atoms with van der Waals surface area (Å²) in [5, 5.41) is 9.28. The minimum absolute atomic E-state index is 0.0316. The smallest absolute Gasteiger partial charge is 0.356 e. The fraction of sp³-hybridized carbons (Fsp3) is 0.615. The molecule has 1 N–H and O–H groups in total. The average molecular weight is 267 g/mol. The molecule has 1 aromatic heterocycles. The van der Waals surface area contributed by atoms with Crippen LogP contribution in [0.1, 0.15) is 43.0 Å². The monoisotopic (exact) mass is 267 g/mol. The van der Waals surface area contributed by atoms with E-state index >= 15 is 0 Å². The van der Waals surface area contributed by atoms with Crippen LogP contribution in [0.5, 0.6) is 0 Å². The number of carboxylic acid groups (broad SMARTS) is 1. The third-order valence-corrected chi connectivity index (χ3v) is 2.96. The summed E-state index contributed by atoms with van der Waals surface area (Å²) in [6.45, 7) is 6.31. The molecule has 0 aromatic carbocycles. The minimum Gasteiger partial charge on any atom is -0.476 e. The van der Waals surface area contributed by atoms with Gasteiger partial charge in [-0.3, -0.25) is 0 Å². The number of aromatic carboxylic acids is 1. The van der Waals surface area contributed by atoms with Crippen LogP contribution in [0.15, 0.2) is 6.20 Å². The second kappa shape index (κ2) is 6.47. The number of anilines is 1. The highest BCUT2D eigenvalue weighted by Crippen LogP contribution is 2.21. The molecular formula is C13H21N3O3. The molecule has 19 heavy (non-hydrogen) atoms. The molecule has 0 fully saturated rings. The SMILES string of the molecule is COCC(C)N(C)c1cnc(C(C)C)nc1C(=O)O. The van der Waals surface area contributed by atoms with Gasteiger partial charge in [-0.1, -0.05) is 13.8 Å². The number of aromatic nitrogens is 2. The lowest BCUT2D eigenvalue weighted by atomic mass is 10.2. The number of ether oxygens (including phenoxy) is 1. The predicted octanol–water partition coefficient (Wildman–Crippen LogP) is 1.77. The van der Waals surface area contributed by atoms with Gasteiger partial charge in [-0.15, -0.1) is 0 Å². The molecule has 1 atom stereocenters. The lowest BCUT2D eigenvalue weighted by Crippen LogP contribution is -2.34. The Labute approximate surface area is 113 Å². The summed E-state index contributed by atoms with van der Waals surface area (Å²) in [6.07, 6.45) is 1.57. The molecule has 6 nitrogen and oxygen atoms in total. The van der Waals surface area contributed by atoms with Crippen LogP contribution in [0.25, 0.3) is 0 Å². The van der Waals surface area contributed by atoms with Crippen LogP contribution in [0.2, 0.25) is 0 Å². The van der Waals surface area contributed by atoms with Crippen LogP contribution in [0, 0.1) is 0 Å². The molecule has 0 bridgehead atoms. The van der Waals surface area contributed by atoms with Gasteiger partial charge in [-0.2, -0.15) is 0 Å². The van der Waals surface area contributed by atoms with E-state index in [2.05, 4.69) is 9.97 Å². The van der Waals surface area contributed by atoms with Gasteiger partial charge >= 0.3 is 5.97 Å². The van der Waals surface area contributed by atoms with Crippen LogP contribution in [0.3, 0.4) is 0 Å². The summed E-state index contributed by atoms with van der Waals surface area (Å²) in [5.41, 5.74) is 0.533. The molecule has 0 aliphatic rings. The zero-order chi connectivity index (χ0) is 14.6. The van der Waals surface area contributed by atoms with Crippen molar-refractivity contribution >= 4 is 11.7 Å². The summed E-state index contributed by atoms with van der Waals surface area (Å²) >= 11 is 0. The number of carboxylic acids is 1. The summed E-state index contributed by atoms with van der Waals surface area (Å²) in [6, 6.07) is 0.0385. The van der Waals surface area contributed by atoms with Gasteiger partial charge < -0.3 is 14.7 Å². The van der Waals surface area contributed by atoms with E-state index in [0.29, 0.717) is 18.1 Å². The Bertz CT molecular complexity index is 449. The third kappa shape index (κ3) is 3.64. The molecule has 1 aromatic rings. The highest BCUT2D eigenvalue weighted by molar-refractivity contribution is 5.92. The maximum atomic E-state index is 11.3. The molecule has 1 heterocycles. The van der Waals surface area contributed by atoms with Crippen LogP contribution in [-0.4, -0.2) is 47.8 Å². The van der Waals surface area contributed by atoms with E-state index in [9.17, 15) is 9.90 Å². The molecule has 0 spiro atoms.